The number of ether oxygens (including phenoxy) is 2. The molecule has 3 aromatic carbocycles. The summed E-state index contributed by atoms with van der Waals surface area (Å²) in [5.74, 6) is 2.11. The highest BCUT2D eigenvalue weighted by Gasteiger charge is 2.35. The van der Waals surface area contributed by atoms with Crippen molar-refractivity contribution in [3.63, 3.8) is 0 Å². The second-order valence-electron chi connectivity index (χ2n) is 17.9. The second kappa shape index (κ2) is 19.0. The molecular formula is C47H53BrN14O6S. The van der Waals surface area contributed by atoms with Crippen LogP contribution in [0.3, 0.4) is 0 Å². The van der Waals surface area contributed by atoms with E-state index in [4.69, 9.17) is 14.5 Å². The van der Waals surface area contributed by atoms with E-state index < -0.39 is 16.1 Å². The molecule has 2 atom stereocenters. The normalized spacial score (nSPS) is 18.8. The Hall–Kier alpha value is -6.78. The minimum atomic E-state index is -3.67. The van der Waals surface area contributed by atoms with Gasteiger partial charge in [0.2, 0.25) is 27.8 Å². The highest BCUT2D eigenvalue weighted by molar-refractivity contribution is 9.10. The third kappa shape index (κ3) is 9.64. The van der Waals surface area contributed by atoms with Gasteiger partial charge in [0.15, 0.2) is 0 Å². The van der Waals surface area contributed by atoms with Crippen LogP contribution in [-0.4, -0.2) is 133 Å². The van der Waals surface area contributed by atoms with E-state index in [1.54, 1.807) is 36.3 Å². The van der Waals surface area contributed by atoms with E-state index in [0.717, 1.165) is 92.3 Å². The molecule has 0 spiro atoms. The predicted octanol–water partition coefficient (Wildman–Crippen LogP) is 5.49. The average Bonchev–Trinajstić information content (AvgIpc) is 3.78. The Labute approximate surface area is 408 Å². The molecule has 0 aliphatic carbocycles. The zero-order chi connectivity index (χ0) is 48.0. The molecule has 6 aromatic rings. The molecule has 3 fully saturated rings. The number of sulfonamides is 1. The van der Waals surface area contributed by atoms with Crippen molar-refractivity contribution in [3.8, 4) is 22.6 Å². The number of hydrogen-bond acceptors (Lipinski definition) is 17. The smallest absolute Gasteiger partial charge is 0.249 e. The first-order valence-electron chi connectivity index (χ1n) is 22.8. The fraction of sp³-hybridized carbons (Fsp3) is 0.383. The first kappa shape index (κ1) is 46.0. The molecule has 69 heavy (non-hydrogen) atoms. The van der Waals surface area contributed by atoms with Crippen LogP contribution in [0.2, 0.25) is 0 Å². The summed E-state index contributed by atoms with van der Waals surface area (Å²) in [4.78, 5) is 49.7. The first-order valence-corrected chi connectivity index (χ1v) is 25.5. The lowest BCUT2D eigenvalue weighted by atomic mass is 9.94. The lowest BCUT2D eigenvalue weighted by molar-refractivity contribution is -0.133. The number of halogens is 1. The number of piperazine rings is 1. The summed E-state index contributed by atoms with van der Waals surface area (Å²) in [7, 11) is 1.36. The molecule has 4 aliphatic heterocycles. The van der Waals surface area contributed by atoms with Gasteiger partial charge in [-0.3, -0.25) is 38.8 Å². The summed E-state index contributed by atoms with van der Waals surface area (Å²) in [6.07, 6.45) is 12.6. The van der Waals surface area contributed by atoms with Crippen LogP contribution in [0.15, 0.2) is 77.9 Å². The van der Waals surface area contributed by atoms with Crippen molar-refractivity contribution >= 4 is 94.7 Å². The molecule has 7 heterocycles. The van der Waals surface area contributed by atoms with Gasteiger partial charge in [-0.15, -0.1) is 0 Å². The van der Waals surface area contributed by atoms with Crippen molar-refractivity contribution in [1.82, 2.24) is 39.9 Å². The van der Waals surface area contributed by atoms with Gasteiger partial charge in [-0.25, -0.2) is 13.4 Å². The van der Waals surface area contributed by atoms with Crippen molar-refractivity contribution in [2.45, 2.75) is 37.8 Å². The minimum absolute atomic E-state index is 0.230. The maximum Gasteiger partial charge on any atom is 0.249 e. The molecule has 0 saturated carbocycles. The summed E-state index contributed by atoms with van der Waals surface area (Å²) in [6, 6.07) is 13.5. The highest BCUT2D eigenvalue weighted by Crippen LogP contribution is 2.43. The number of carbonyl (C=O) groups is 2. The van der Waals surface area contributed by atoms with Gasteiger partial charge in [-0.2, -0.15) is 10.1 Å². The molecule has 2 amide bonds. The summed E-state index contributed by atoms with van der Waals surface area (Å²) >= 11 is 3.58. The molecule has 10 rings (SSSR count). The Kier molecular flexibility index (Phi) is 12.6. The molecule has 3 aromatic heterocycles. The SMILES string of the molecule is COc1cc(N2CCC(CN3CCN4c5ccc(NC6CCC(=O)NC6=O)cc5OCC4C3)CC2)c(-c2cnn(C)c2)cc1Nc1ncc(Br)c(Nc2ccc3nccnc3c2N(C)S(C)(=O)=O)n1. The van der Waals surface area contributed by atoms with Gasteiger partial charge in [0.1, 0.15) is 41.2 Å². The van der Waals surface area contributed by atoms with E-state index in [1.165, 1.54) is 17.5 Å². The van der Waals surface area contributed by atoms with Crippen molar-refractivity contribution in [1.29, 1.82) is 0 Å². The number of aryl methyl sites for hydroxylation is 1. The number of nitrogens with zero attached hydrogens (tertiary/aromatic N) is 10. The minimum Gasteiger partial charge on any atom is -0.494 e. The van der Waals surface area contributed by atoms with E-state index in [-0.39, 0.29) is 23.8 Å². The average molecular weight is 1020 g/mol. The number of rotatable bonds is 13. The van der Waals surface area contributed by atoms with Gasteiger partial charge in [0, 0.05) is 119 Å². The van der Waals surface area contributed by atoms with Gasteiger partial charge >= 0.3 is 0 Å². The number of imide groups is 1. The van der Waals surface area contributed by atoms with E-state index in [9.17, 15) is 18.0 Å². The van der Waals surface area contributed by atoms with Crippen LogP contribution >= 0.6 is 15.9 Å². The Balaban J connectivity index is 0.816. The molecule has 360 valence electrons. The molecule has 3 saturated heterocycles. The van der Waals surface area contributed by atoms with E-state index >= 15 is 0 Å². The van der Waals surface area contributed by atoms with Crippen molar-refractivity contribution in [3.05, 3.63) is 77.9 Å². The second-order valence-corrected chi connectivity index (χ2v) is 20.8. The molecule has 2 unspecified atom stereocenters. The summed E-state index contributed by atoms with van der Waals surface area (Å²) < 4.78 is 41.5. The number of aromatic nitrogens is 6. The monoisotopic (exact) mass is 1020 g/mol. The summed E-state index contributed by atoms with van der Waals surface area (Å²) in [5.41, 5.74) is 7.26. The van der Waals surface area contributed by atoms with Gasteiger partial charge in [-0.05, 0) is 71.4 Å². The van der Waals surface area contributed by atoms with Gasteiger partial charge in [0.05, 0.1) is 52.7 Å². The maximum absolute atomic E-state index is 12.8. The lowest BCUT2D eigenvalue weighted by Gasteiger charge is -2.47. The number of carbonyl (C=O) groups excluding carboxylic acids is 2. The van der Waals surface area contributed by atoms with Crippen LogP contribution < -0.4 is 44.8 Å². The fourth-order valence-electron chi connectivity index (χ4n) is 9.70. The predicted molar refractivity (Wildman–Crippen MR) is 269 cm³/mol. The van der Waals surface area contributed by atoms with Crippen LogP contribution in [-0.2, 0) is 26.7 Å². The van der Waals surface area contributed by atoms with Gasteiger partial charge < -0.3 is 35.2 Å². The number of hydrogen-bond donors (Lipinski definition) is 4. The van der Waals surface area contributed by atoms with E-state index in [1.807, 2.05) is 31.6 Å². The van der Waals surface area contributed by atoms with Crippen molar-refractivity contribution in [2.24, 2.45) is 13.0 Å². The fourth-order valence-corrected chi connectivity index (χ4v) is 10.5. The van der Waals surface area contributed by atoms with Crippen LogP contribution in [0.4, 0.5) is 45.9 Å². The number of fused-ring (bicyclic) bond motifs is 4. The highest BCUT2D eigenvalue weighted by atomic mass is 79.9. The van der Waals surface area contributed by atoms with Crippen LogP contribution in [0.5, 0.6) is 11.5 Å². The number of methoxy groups -OCH3 is 1. The lowest BCUT2D eigenvalue weighted by Crippen LogP contribution is -2.58. The summed E-state index contributed by atoms with van der Waals surface area (Å²) in [5, 5.41) is 16.9. The quantitative estimate of drug-likeness (QED) is 0.105. The van der Waals surface area contributed by atoms with Crippen LogP contribution in [0, 0.1) is 5.92 Å². The number of anilines is 8. The van der Waals surface area contributed by atoms with Crippen LogP contribution in [0.25, 0.3) is 22.2 Å². The molecule has 22 heteroatoms. The van der Waals surface area contributed by atoms with E-state index in [2.05, 4.69) is 90.1 Å². The largest absolute Gasteiger partial charge is 0.494 e. The standard InChI is InChI=1S/C47H53BrN14O6S/c1-58-25-29(22-52-58)32-20-37(55-47-51-23-33(48)45(57-47)54-35-7-6-34-43(50-14-13-49-34)44(35)59(2)69(4,65)66)40(67-3)21-39(32)61-15-11-28(12-16-61)24-60-17-18-62-31(26-60)27-68-41-19-30(5-9-38(41)62)53-36-8-10-42(63)56-46(36)64/h5-7,9,13-14,19-23,25,28,31,36,53H,8,10-12,15-18,24,26-27H2,1-4H3,(H,56,63,64)(H2,51,54,55,57). The number of piperidine rings is 2. The molecule has 0 bridgehead atoms. The maximum atomic E-state index is 12.8. The van der Waals surface area contributed by atoms with Gasteiger partial charge in [0.25, 0.3) is 0 Å². The van der Waals surface area contributed by atoms with Gasteiger partial charge in [-0.1, -0.05) is 0 Å². The molecule has 0 radical (unpaired) electrons. The Morgan fingerprint density at radius 3 is 2.55 bits per heavy atom. The number of benzene rings is 3. The molecule has 4 aliphatic rings. The van der Waals surface area contributed by atoms with Crippen LogP contribution in [0.1, 0.15) is 25.7 Å². The zero-order valence-electron chi connectivity index (χ0n) is 38.6. The summed E-state index contributed by atoms with van der Waals surface area (Å²) in [6.45, 7) is 6.16. The Morgan fingerprint density at radius 2 is 1.78 bits per heavy atom. The first-order chi connectivity index (χ1) is 33.3. The number of amides is 2. The Morgan fingerprint density at radius 1 is 0.957 bits per heavy atom. The van der Waals surface area contributed by atoms with Crippen molar-refractivity contribution in [2.75, 3.05) is 96.3 Å². The molecule has 4 N–H and O–H groups in total. The molecule has 20 nitrogen and oxygen atoms in total. The number of nitrogens with one attached hydrogen (secondary N) is 4. The zero-order valence-corrected chi connectivity index (χ0v) is 41.0. The third-order valence-corrected chi connectivity index (χ3v) is 15.1. The third-order valence-electron chi connectivity index (χ3n) is 13.3. The van der Waals surface area contributed by atoms with E-state index in [0.29, 0.717) is 69.5 Å². The topological polar surface area (TPSA) is 217 Å². The van der Waals surface area contributed by atoms with Crippen molar-refractivity contribution < 1.29 is 27.5 Å². The molecular weight excluding hydrogens is 969 g/mol. The Bertz CT molecular complexity index is 3060.